The lowest BCUT2D eigenvalue weighted by molar-refractivity contribution is 0.474. The van der Waals surface area contributed by atoms with Crippen LogP contribution in [0.25, 0.3) is 0 Å². The summed E-state index contributed by atoms with van der Waals surface area (Å²) in [5.41, 5.74) is 8.40. The Morgan fingerprint density at radius 1 is 1.22 bits per heavy atom. The molecule has 0 atom stereocenters. The second-order valence-corrected chi connectivity index (χ2v) is 4.14. The molecule has 0 aromatic heterocycles. The fourth-order valence-electron chi connectivity index (χ4n) is 1.79. The van der Waals surface area contributed by atoms with Crippen molar-refractivity contribution in [3.63, 3.8) is 0 Å². The third-order valence-corrected chi connectivity index (χ3v) is 2.60. The summed E-state index contributed by atoms with van der Waals surface area (Å²) in [7, 11) is 0. The summed E-state index contributed by atoms with van der Waals surface area (Å²) in [5.74, 6) is 0.561. The van der Waals surface area contributed by atoms with Gasteiger partial charge in [0.15, 0.2) is 5.84 Å². The Bertz CT molecular complexity index is 588. The fourth-order valence-corrected chi connectivity index (χ4v) is 1.79. The molecule has 0 aliphatic carbocycles. The van der Waals surface area contributed by atoms with Crippen molar-refractivity contribution < 1.29 is 5.11 Å². The highest BCUT2D eigenvalue weighted by molar-refractivity contribution is 6.48. The Morgan fingerprint density at radius 2 is 1.83 bits per heavy atom. The fraction of sp³-hybridized carbons (Fsp3) is 0.154. The Kier molecular flexibility index (Phi) is 2.97. The number of rotatable bonds is 1. The average molecular weight is 242 g/mol. The normalized spacial score (nSPS) is 17.1. The maximum Gasteiger partial charge on any atom is 0.172 e. The molecule has 92 valence electrons. The van der Waals surface area contributed by atoms with Gasteiger partial charge in [0.25, 0.3) is 0 Å². The van der Waals surface area contributed by atoms with E-state index in [-0.39, 0.29) is 11.6 Å². The number of benzene rings is 1. The number of aryl methyl sites for hydroxylation is 2. The van der Waals surface area contributed by atoms with Crippen LogP contribution in [-0.4, -0.2) is 22.5 Å². The van der Waals surface area contributed by atoms with E-state index in [1.54, 1.807) is 24.3 Å². The first-order valence-electron chi connectivity index (χ1n) is 5.47. The van der Waals surface area contributed by atoms with Crippen LogP contribution < -0.4 is 5.73 Å². The van der Waals surface area contributed by atoms with Crippen molar-refractivity contribution in [3.05, 3.63) is 35.4 Å². The van der Waals surface area contributed by atoms with E-state index in [4.69, 9.17) is 11.1 Å². The maximum absolute atomic E-state index is 9.47. The van der Waals surface area contributed by atoms with E-state index in [2.05, 4.69) is 9.98 Å². The number of nitrogens with two attached hydrogens (primary N) is 1. The summed E-state index contributed by atoms with van der Waals surface area (Å²) in [5, 5.41) is 17.2. The smallest absolute Gasteiger partial charge is 0.172 e. The van der Waals surface area contributed by atoms with Crippen LogP contribution in [0, 0.1) is 19.3 Å². The van der Waals surface area contributed by atoms with Gasteiger partial charge in [0.1, 0.15) is 17.3 Å². The van der Waals surface area contributed by atoms with Crippen LogP contribution in [0.1, 0.15) is 11.1 Å². The minimum atomic E-state index is 0.0434. The summed E-state index contributed by atoms with van der Waals surface area (Å²) >= 11 is 0. The molecular weight excluding hydrogens is 228 g/mol. The van der Waals surface area contributed by atoms with Gasteiger partial charge in [-0.15, -0.1) is 0 Å². The Balaban J connectivity index is 2.47. The van der Waals surface area contributed by atoms with Crippen molar-refractivity contribution >= 4 is 23.1 Å². The van der Waals surface area contributed by atoms with E-state index in [0.717, 1.165) is 16.8 Å². The molecule has 1 aromatic rings. The summed E-state index contributed by atoms with van der Waals surface area (Å²) < 4.78 is 0. The van der Waals surface area contributed by atoms with Crippen molar-refractivity contribution in [3.8, 4) is 5.75 Å². The zero-order chi connectivity index (χ0) is 13.3. The molecule has 1 heterocycles. The molecule has 0 bridgehead atoms. The van der Waals surface area contributed by atoms with Crippen LogP contribution in [0.3, 0.4) is 0 Å². The molecule has 1 aliphatic rings. The van der Waals surface area contributed by atoms with Crippen molar-refractivity contribution in [1.29, 1.82) is 5.41 Å². The first-order valence-corrected chi connectivity index (χ1v) is 5.47. The molecule has 18 heavy (non-hydrogen) atoms. The third kappa shape index (κ3) is 2.29. The van der Waals surface area contributed by atoms with Crippen molar-refractivity contribution in [2.24, 2.45) is 15.7 Å². The number of nitrogens with zero attached hydrogens (tertiary/aromatic N) is 2. The van der Waals surface area contributed by atoms with Crippen LogP contribution >= 0.6 is 0 Å². The molecule has 0 radical (unpaired) electrons. The van der Waals surface area contributed by atoms with Gasteiger partial charge in [-0.2, -0.15) is 0 Å². The molecule has 0 spiro atoms. The number of phenols is 1. The number of nitrogens with one attached hydrogen (secondary N) is 1. The first-order chi connectivity index (χ1) is 8.47. The quantitative estimate of drug-likeness (QED) is 0.702. The minimum Gasteiger partial charge on any atom is -0.508 e. The zero-order valence-corrected chi connectivity index (χ0v) is 10.2. The van der Waals surface area contributed by atoms with E-state index in [1.807, 2.05) is 13.8 Å². The standard InChI is InChI=1S/C13H14N4O/c1-7-5-9(18)6-8(2)12(7)16-10-3-4-11(14)17-13(10)15/h3-6,18H,1-2H3,(H3,14,15,17). The first kappa shape index (κ1) is 12.0. The molecule has 1 aliphatic heterocycles. The van der Waals surface area contributed by atoms with Crippen LogP contribution in [0.15, 0.2) is 34.3 Å². The molecule has 0 saturated carbocycles. The Morgan fingerprint density at radius 3 is 2.39 bits per heavy atom. The molecule has 0 saturated heterocycles. The van der Waals surface area contributed by atoms with Gasteiger partial charge < -0.3 is 10.8 Å². The number of phenolic OH excluding ortho intramolecular Hbond substituents is 1. The monoisotopic (exact) mass is 242 g/mol. The van der Waals surface area contributed by atoms with Gasteiger partial charge in [-0.1, -0.05) is 0 Å². The SMILES string of the molecule is Cc1cc(O)cc(C)c1N=C1C=CC(N)=NC1=N. The van der Waals surface area contributed by atoms with Crippen LogP contribution in [0.5, 0.6) is 5.75 Å². The van der Waals surface area contributed by atoms with Gasteiger partial charge in [0.2, 0.25) is 0 Å². The van der Waals surface area contributed by atoms with E-state index in [9.17, 15) is 5.11 Å². The number of aliphatic imine (C=N–C) groups is 2. The molecule has 5 nitrogen and oxygen atoms in total. The number of amidine groups is 2. The van der Waals surface area contributed by atoms with E-state index >= 15 is 0 Å². The zero-order valence-electron chi connectivity index (χ0n) is 10.2. The number of aromatic hydroxyl groups is 1. The average Bonchev–Trinajstić information content (AvgIpc) is 2.25. The van der Waals surface area contributed by atoms with Gasteiger partial charge in [0.05, 0.1) is 5.69 Å². The highest BCUT2D eigenvalue weighted by Gasteiger charge is 2.11. The second kappa shape index (κ2) is 4.44. The van der Waals surface area contributed by atoms with E-state index < -0.39 is 0 Å². The minimum absolute atomic E-state index is 0.0434. The molecular formula is C13H14N4O. The Hall–Kier alpha value is -2.43. The molecule has 5 heteroatoms. The lowest BCUT2D eigenvalue weighted by Crippen LogP contribution is -2.20. The molecule has 1 aromatic carbocycles. The van der Waals surface area contributed by atoms with E-state index in [0.29, 0.717) is 11.5 Å². The van der Waals surface area contributed by atoms with Crippen molar-refractivity contribution in [2.45, 2.75) is 13.8 Å². The predicted molar refractivity (Wildman–Crippen MR) is 73.2 cm³/mol. The molecule has 4 N–H and O–H groups in total. The van der Waals surface area contributed by atoms with Crippen molar-refractivity contribution in [1.82, 2.24) is 0 Å². The molecule has 2 rings (SSSR count). The van der Waals surface area contributed by atoms with Crippen LogP contribution in [0.4, 0.5) is 5.69 Å². The lowest BCUT2D eigenvalue weighted by atomic mass is 10.1. The molecule has 0 fully saturated rings. The largest absolute Gasteiger partial charge is 0.508 e. The van der Waals surface area contributed by atoms with Gasteiger partial charge in [-0.05, 0) is 49.3 Å². The summed E-state index contributed by atoms with van der Waals surface area (Å²) in [6, 6.07) is 3.28. The maximum atomic E-state index is 9.47. The van der Waals surface area contributed by atoms with Gasteiger partial charge in [-0.3, -0.25) is 5.41 Å². The highest BCUT2D eigenvalue weighted by Crippen LogP contribution is 2.28. The molecule has 0 amide bonds. The van der Waals surface area contributed by atoms with Gasteiger partial charge >= 0.3 is 0 Å². The summed E-state index contributed by atoms with van der Waals surface area (Å²) in [4.78, 5) is 8.25. The van der Waals surface area contributed by atoms with Gasteiger partial charge in [-0.25, -0.2) is 9.98 Å². The number of hydrogen-bond donors (Lipinski definition) is 3. The summed E-state index contributed by atoms with van der Waals surface area (Å²) in [6.07, 6.45) is 3.28. The number of hydrogen-bond acceptors (Lipinski definition) is 4. The van der Waals surface area contributed by atoms with Crippen LogP contribution in [0.2, 0.25) is 0 Å². The Labute approximate surface area is 105 Å². The van der Waals surface area contributed by atoms with Crippen molar-refractivity contribution in [2.75, 3.05) is 0 Å². The topological polar surface area (TPSA) is 94.8 Å². The van der Waals surface area contributed by atoms with E-state index in [1.165, 1.54) is 0 Å². The van der Waals surface area contributed by atoms with Gasteiger partial charge in [0, 0.05) is 0 Å². The highest BCUT2D eigenvalue weighted by atomic mass is 16.3. The van der Waals surface area contributed by atoms with Crippen LogP contribution in [-0.2, 0) is 0 Å². The second-order valence-electron chi connectivity index (χ2n) is 4.14. The number of dihydropyridines is 1. The third-order valence-electron chi connectivity index (χ3n) is 2.60. The summed E-state index contributed by atoms with van der Waals surface area (Å²) in [6.45, 7) is 3.72. The predicted octanol–water partition coefficient (Wildman–Crippen LogP) is 1.99. The molecule has 0 unspecified atom stereocenters. The lowest BCUT2D eigenvalue weighted by Gasteiger charge is -2.09.